The van der Waals surface area contributed by atoms with E-state index in [-0.39, 0.29) is 5.91 Å². The van der Waals surface area contributed by atoms with Crippen molar-refractivity contribution in [2.75, 3.05) is 5.32 Å². The first kappa shape index (κ1) is 14.4. The maximum absolute atomic E-state index is 13.8. The first-order chi connectivity index (χ1) is 10.6. The molecule has 5 nitrogen and oxygen atoms in total. The van der Waals surface area contributed by atoms with Gasteiger partial charge in [-0.25, -0.2) is 14.1 Å². The Kier molecular flexibility index (Phi) is 3.72. The molecule has 0 aliphatic carbocycles. The van der Waals surface area contributed by atoms with Crippen LogP contribution in [0.5, 0.6) is 0 Å². The summed E-state index contributed by atoms with van der Waals surface area (Å²) in [6.45, 7) is 3.58. The van der Waals surface area contributed by atoms with Gasteiger partial charge in [0.25, 0.3) is 5.91 Å². The molecule has 1 N–H and O–H groups in total. The number of benzene rings is 1. The second-order valence-electron chi connectivity index (χ2n) is 4.76. The molecular formula is C15H13FN4OS. The monoisotopic (exact) mass is 316 g/mol. The van der Waals surface area contributed by atoms with Crippen molar-refractivity contribution in [1.29, 1.82) is 0 Å². The molecule has 3 rings (SSSR count). The minimum atomic E-state index is -0.392. The largest absolute Gasteiger partial charge is 0.298 e. The van der Waals surface area contributed by atoms with E-state index in [1.807, 2.05) is 12.3 Å². The lowest BCUT2D eigenvalue weighted by atomic mass is 10.2. The molecule has 0 saturated heterocycles. The van der Waals surface area contributed by atoms with E-state index in [2.05, 4.69) is 15.4 Å². The Morgan fingerprint density at radius 1 is 1.32 bits per heavy atom. The molecule has 0 aliphatic rings. The van der Waals surface area contributed by atoms with Gasteiger partial charge in [0.05, 0.1) is 23.1 Å². The van der Waals surface area contributed by atoms with Gasteiger partial charge >= 0.3 is 0 Å². The maximum Gasteiger partial charge on any atom is 0.260 e. The predicted molar refractivity (Wildman–Crippen MR) is 83.1 cm³/mol. The number of nitrogens with one attached hydrogen (secondary N) is 1. The van der Waals surface area contributed by atoms with Crippen molar-refractivity contribution in [3.63, 3.8) is 0 Å². The Hall–Kier alpha value is -2.54. The molecule has 0 radical (unpaired) electrons. The third-order valence-corrected chi connectivity index (χ3v) is 4.05. The number of aromatic nitrogens is 3. The third kappa shape index (κ3) is 2.62. The van der Waals surface area contributed by atoms with Crippen LogP contribution in [0.25, 0.3) is 5.69 Å². The van der Waals surface area contributed by atoms with Crippen LogP contribution in [0.1, 0.15) is 21.7 Å². The molecule has 0 atom stereocenters. The molecule has 0 aliphatic heterocycles. The Labute approximate surface area is 130 Å². The lowest BCUT2D eigenvalue weighted by Gasteiger charge is -2.06. The molecule has 3 aromatic rings. The highest BCUT2D eigenvalue weighted by Crippen LogP contribution is 2.19. The molecule has 0 fully saturated rings. The zero-order valence-electron chi connectivity index (χ0n) is 12.0. The van der Waals surface area contributed by atoms with E-state index in [1.54, 1.807) is 25.1 Å². The summed E-state index contributed by atoms with van der Waals surface area (Å²) in [4.78, 5) is 16.5. The molecule has 1 aromatic carbocycles. The highest BCUT2D eigenvalue weighted by molar-refractivity contribution is 7.13. The topological polar surface area (TPSA) is 59.8 Å². The third-order valence-electron chi connectivity index (χ3n) is 3.17. The van der Waals surface area contributed by atoms with Crippen molar-refractivity contribution in [3.8, 4) is 5.69 Å². The van der Waals surface area contributed by atoms with E-state index < -0.39 is 5.82 Å². The maximum atomic E-state index is 13.8. The number of carbonyl (C=O) groups excluding carboxylic acids is 1. The first-order valence-electron chi connectivity index (χ1n) is 6.59. The molecule has 0 saturated carbocycles. The van der Waals surface area contributed by atoms with Gasteiger partial charge in [-0.1, -0.05) is 12.1 Å². The Morgan fingerprint density at radius 2 is 2.09 bits per heavy atom. The first-order valence-corrected chi connectivity index (χ1v) is 7.47. The van der Waals surface area contributed by atoms with E-state index in [0.29, 0.717) is 22.1 Å². The fourth-order valence-corrected chi connectivity index (χ4v) is 2.76. The van der Waals surface area contributed by atoms with Crippen molar-refractivity contribution in [1.82, 2.24) is 14.8 Å². The number of rotatable bonds is 3. The SMILES string of the molecule is Cc1csc(NC(=O)c2cnn(-c3ccccc3F)c2C)n1. The second kappa shape index (κ2) is 5.69. The van der Waals surface area contributed by atoms with Gasteiger partial charge < -0.3 is 0 Å². The Balaban J connectivity index is 1.90. The van der Waals surface area contributed by atoms with Crippen LogP contribution in [-0.2, 0) is 0 Å². The van der Waals surface area contributed by atoms with E-state index in [0.717, 1.165) is 5.69 Å². The summed E-state index contributed by atoms with van der Waals surface area (Å²) in [5, 5.41) is 9.21. The van der Waals surface area contributed by atoms with Gasteiger partial charge in [0.1, 0.15) is 11.5 Å². The highest BCUT2D eigenvalue weighted by atomic mass is 32.1. The number of hydrogen-bond donors (Lipinski definition) is 1. The van der Waals surface area contributed by atoms with Crippen molar-refractivity contribution in [2.45, 2.75) is 13.8 Å². The van der Waals surface area contributed by atoms with Gasteiger partial charge in [-0.2, -0.15) is 5.10 Å². The van der Waals surface area contributed by atoms with E-state index in [4.69, 9.17) is 0 Å². The van der Waals surface area contributed by atoms with Crippen LogP contribution >= 0.6 is 11.3 Å². The molecule has 112 valence electrons. The van der Waals surface area contributed by atoms with Gasteiger partial charge in [0, 0.05) is 5.38 Å². The molecule has 2 heterocycles. The van der Waals surface area contributed by atoms with Gasteiger partial charge in [0.15, 0.2) is 5.13 Å². The Morgan fingerprint density at radius 3 is 2.77 bits per heavy atom. The lowest BCUT2D eigenvalue weighted by Crippen LogP contribution is -2.13. The number of nitrogens with zero attached hydrogens (tertiary/aromatic N) is 3. The summed E-state index contributed by atoms with van der Waals surface area (Å²) in [6.07, 6.45) is 1.43. The number of hydrogen-bond acceptors (Lipinski definition) is 4. The fraction of sp³-hybridized carbons (Fsp3) is 0.133. The van der Waals surface area contributed by atoms with Crippen molar-refractivity contribution in [3.05, 3.63) is 58.6 Å². The molecule has 0 spiro atoms. The number of carbonyl (C=O) groups is 1. The van der Waals surface area contributed by atoms with E-state index >= 15 is 0 Å². The van der Waals surface area contributed by atoms with Crippen LogP contribution in [0.2, 0.25) is 0 Å². The van der Waals surface area contributed by atoms with Crippen LogP contribution in [0, 0.1) is 19.7 Å². The number of anilines is 1. The average Bonchev–Trinajstić information content (AvgIpc) is 3.06. The summed E-state index contributed by atoms with van der Waals surface area (Å²) < 4.78 is 15.3. The van der Waals surface area contributed by atoms with Gasteiger partial charge in [0.2, 0.25) is 0 Å². The smallest absolute Gasteiger partial charge is 0.260 e. The second-order valence-corrected chi connectivity index (χ2v) is 5.61. The predicted octanol–water partition coefficient (Wildman–Crippen LogP) is 3.34. The van der Waals surface area contributed by atoms with Crippen LogP contribution in [0.15, 0.2) is 35.8 Å². The van der Waals surface area contributed by atoms with Gasteiger partial charge in [-0.05, 0) is 26.0 Å². The quantitative estimate of drug-likeness (QED) is 0.806. The molecule has 2 aromatic heterocycles. The Bertz CT molecular complexity index is 840. The summed E-state index contributed by atoms with van der Waals surface area (Å²) in [5.74, 6) is -0.703. The van der Waals surface area contributed by atoms with E-state index in [1.165, 1.54) is 28.3 Å². The number of aryl methyl sites for hydroxylation is 1. The zero-order valence-corrected chi connectivity index (χ0v) is 12.8. The van der Waals surface area contributed by atoms with Crippen LogP contribution in [0.4, 0.5) is 9.52 Å². The summed E-state index contributed by atoms with van der Waals surface area (Å²) in [5.41, 5.74) is 2.11. The minimum Gasteiger partial charge on any atom is -0.298 e. The summed E-state index contributed by atoms with van der Waals surface area (Å²) in [6, 6.07) is 6.30. The summed E-state index contributed by atoms with van der Waals surface area (Å²) in [7, 11) is 0. The van der Waals surface area contributed by atoms with Gasteiger partial charge in [-0.15, -0.1) is 11.3 Å². The standard InChI is InChI=1S/C15H13FN4OS/c1-9-8-22-15(18-9)19-14(21)11-7-17-20(10(11)2)13-6-4-3-5-12(13)16/h3-8H,1-2H3,(H,18,19,21). The molecule has 0 unspecified atom stereocenters. The molecular weight excluding hydrogens is 303 g/mol. The van der Waals surface area contributed by atoms with Crippen molar-refractivity contribution < 1.29 is 9.18 Å². The molecule has 7 heteroatoms. The number of amides is 1. The van der Waals surface area contributed by atoms with Crippen molar-refractivity contribution in [2.24, 2.45) is 0 Å². The molecule has 22 heavy (non-hydrogen) atoms. The molecule has 0 bridgehead atoms. The average molecular weight is 316 g/mol. The molecule has 1 amide bonds. The normalized spacial score (nSPS) is 10.7. The fourth-order valence-electron chi connectivity index (χ4n) is 2.07. The number of para-hydroxylation sites is 1. The summed E-state index contributed by atoms with van der Waals surface area (Å²) >= 11 is 1.35. The minimum absolute atomic E-state index is 0.309. The van der Waals surface area contributed by atoms with Gasteiger partial charge in [-0.3, -0.25) is 10.1 Å². The zero-order chi connectivity index (χ0) is 15.7. The van der Waals surface area contributed by atoms with Crippen LogP contribution < -0.4 is 5.32 Å². The van der Waals surface area contributed by atoms with Crippen LogP contribution in [0.3, 0.4) is 0 Å². The number of halogens is 1. The van der Waals surface area contributed by atoms with Crippen molar-refractivity contribution >= 4 is 22.4 Å². The highest BCUT2D eigenvalue weighted by Gasteiger charge is 2.17. The van der Waals surface area contributed by atoms with Crippen LogP contribution in [-0.4, -0.2) is 20.7 Å². The van der Waals surface area contributed by atoms with E-state index in [9.17, 15) is 9.18 Å². The number of thiazole rings is 1. The lowest BCUT2D eigenvalue weighted by molar-refractivity contribution is 0.102.